The summed E-state index contributed by atoms with van der Waals surface area (Å²) in [6.45, 7) is 14.6. The summed E-state index contributed by atoms with van der Waals surface area (Å²) in [5, 5.41) is 3.56. The Morgan fingerprint density at radius 2 is 1.72 bits per heavy atom. The zero-order chi connectivity index (χ0) is 14.2. The third-order valence-corrected chi connectivity index (χ3v) is 3.05. The van der Waals surface area contributed by atoms with Crippen LogP contribution in [0, 0.1) is 0 Å². The molecule has 0 rings (SSSR count). The third-order valence-electron chi connectivity index (χ3n) is 3.05. The molecular formula is C15H33NO2. The molecule has 3 nitrogen and oxygen atoms in total. The molecule has 0 aliphatic heterocycles. The lowest BCUT2D eigenvalue weighted by Gasteiger charge is -2.28. The second-order valence-corrected chi connectivity index (χ2v) is 6.58. The molecule has 3 heteroatoms. The van der Waals surface area contributed by atoms with Gasteiger partial charge in [0.1, 0.15) is 0 Å². The predicted molar refractivity (Wildman–Crippen MR) is 78.1 cm³/mol. The molecule has 0 saturated heterocycles. The van der Waals surface area contributed by atoms with Crippen molar-refractivity contribution in [1.82, 2.24) is 5.32 Å². The van der Waals surface area contributed by atoms with Gasteiger partial charge < -0.3 is 14.8 Å². The highest BCUT2D eigenvalue weighted by molar-refractivity contribution is 4.75. The fraction of sp³-hybridized carbons (Fsp3) is 1.00. The number of hydrogen-bond donors (Lipinski definition) is 1. The van der Waals surface area contributed by atoms with Crippen LogP contribution in [0.1, 0.15) is 60.8 Å². The highest BCUT2D eigenvalue weighted by Gasteiger charge is 2.20. The molecule has 0 bridgehead atoms. The van der Waals surface area contributed by atoms with Gasteiger partial charge in [-0.15, -0.1) is 0 Å². The topological polar surface area (TPSA) is 30.5 Å². The van der Waals surface area contributed by atoms with Crippen LogP contribution in [0.5, 0.6) is 0 Å². The molecule has 110 valence electrons. The van der Waals surface area contributed by atoms with Crippen molar-refractivity contribution in [2.75, 3.05) is 20.3 Å². The molecule has 1 unspecified atom stereocenters. The quantitative estimate of drug-likeness (QED) is 0.688. The van der Waals surface area contributed by atoms with E-state index < -0.39 is 0 Å². The summed E-state index contributed by atoms with van der Waals surface area (Å²) in [6.07, 6.45) is 3.27. The van der Waals surface area contributed by atoms with E-state index in [1.807, 2.05) is 0 Å². The van der Waals surface area contributed by atoms with Gasteiger partial charge in [-0.3, -0.25) is 0 Å². The Balaban J connectivity index is 4.14. The van der Waals surface area contributed by atoms with Crippen LogP contribution in [0.3, 0.4) is 0 Å². The van der Waals surface area contributed by atoms with Crippen molar-refractivity contribution in [3.05, 3.63) is 0 Å². The van der Waals surface area contributed by atoms with Crippen LogP contribution in [0.4, 0.5) is 0 Å². The van der Waals surface area contributed by atoms with Crippen LogP contribution in [0.15, 0.2) is 0 Å². The molecule has 0 radical (unpaired) electrons. The average Bonchev–Trinajstić information content (AvgIpc) is 2.27. The summed E-state index contributed by atoms with van der Waals surface area (Å²) < 4.78 is 11.4. The van der Waals surface area contributed by atoms with Gasteiger partial charge in [0.2, 0.25) is 0 Å². The molecule has 0 aromatic carbocycles. The van der Waals surface area contributed by atoms with Gasteiger partial charge in [-0.25, -0.2) is 0 Å². The molecular weight excluding hydrogens is 226 g/mol. The minimum atomic E-state index is -0.0665. The maximum absolute atomic E-state index is 5.88. The maximum Gasteiger partial charge on any atom is 0.0626 e. The summed E-state index contributed by atoms with van der Waals surface area (Å²) in [5.74, 6) is 0. The Hall–Kier alpha value is -0.120. The van der Waals surface area contributed by atoms with E-state index in [4.69, 9.17) is 9.47 Å². The second kappa shape index (κ2) is 8.13. The number of rotatable bonds is 9. The zero-order valence-electron chi connectivity index (χ0n) is 13.4. The van der Waals surface area contributed by atoms with Crippen LogP contribution in [-0.2, 0) is 9.47 Å². The Kier molecular flexibility index (Phi) is 8.08. The smallest absolute Gasteiger partial charge is 0.0626 e. The first-order chi connectivity index (χ1) is 8.20. The lowest BCUT2D eigenvalue weighted by Crippen LogP contribution is -2.38. The van der Waals surface area contributed by atoms with E-state index in [1.165, 1.54) is 0 Å². The summed E-state index contributed by atoms with van der Waals surface area (Å²) in [6, 6.07) is 0.415. The number of ether oxygens (including phenoxy) is 2. The van der Waals surface area contributed by atoms with E-state index in [2.05, 4.69) is 46.9 Å². The van der Waals surface area contributed by atoms with E-state index >= 15 is 0 Å². The Bertz CT molecular complexity index is 209. The molecule has 0 spiro atoms. The third kappa shape index (κ3) is 9.86. The van der Waals surface area contributed by atoms with Gasteiger partial charge >= 0.3 is 0 Å². The predicted octanol–water partition coefficient (Wildman–Crippen LogP) is 3.37. The van der Waals surface area contributed by atoms with Crippen LogP contribution >= 0.6 is 0 Å². The first kappa shape index (κ1) is 17.9. The number of methoxy groups -OCH3 is 1. The van der Waals surface area contributed by atoms with Gasteiger partial charge in [-0.1, -0.05) is 6.92 Å². The van der Waals surface area contributed by atoms with Crippen molar-refractivity contribution in [3.63, 3.8) is 0 Å². The van der Waals surface area contributed by atoms with Gasteiger partial charge in [0.05, 0.1) is 17.8 Å². The van der Waals surface area contributed by atoms with E-state index in [0.717, 1.165) is 32.4 Å². The van der Waals surface area contributed by atoms with Crippen LogP contribution in [0.25, 0.3) is 0 Å². The van der Waals surface area contributed by atoms with Gasteiger partial charge in [-0.2, -0.15) is 0 Å². The maximum atomic E-state index is 5.88. The number of hydrogen-bond acceptors (Lipinski definition) is 3. The summed E-state index contributed by atoms with van der Waals surface area (Å²) in [7, 11) is 1.78. The largest absolute Gasteiger partial charge is 0.379 e. The van der Waals surface area contributed by atoms with Crippen LogP contribution in [0.2, 0.25) is 0 Å². The average molecular weight is 259 g/mol. The van der Waals surface area contributed by atoms with Crippen molar-refractivity contribution < 1.29 is 9.47 Å². The second-order valence-electron chi connectivity index (χ2n) is 6.58. The SMILES string of the molecule is CCCNC(CCC(C)(C)OC)COC(C)(C)C. The van der Waals surface area contributed by atoms with Gasteiger partial charge in [0.15, 0.2) is 0 Å². The first-order valence-electron chi connectivity index (χ1n) is 7.12. The van der Waals surface area contributed by atoms with Crippen molar-refractivity contribution in [3.8, 4) is 0 Å². The van der Waals surface area contributed by atoms with Gasteiger partial charge in [0, 0.05) is 13.2 Å². The van der Waals surface area contributed by atoms with Gasteiger partial charge in [0.25, 0.3) is 0 Å². The molecule has 1 atom stereocenters. The fourth-order valence-corrected chi connectivity index (χ4v) is 1.57. The van der Waals surface area contributed by atoms with Crippen molar-refractivity contribution in [1.29, 1.82) is 0 Å². The van der Waals surface area contributed by atoms with Crippen LogP contribution < -0.4 is 5.32 Å². The van der Waals surface area contributed by atoms with E-state index in [0.29, 0.717) is 6.04 Å². The molecule has 0 fully saturated rings. The molecule has 18 heavy (non-hydrogen) atoms. The minimum absolute atomic E-state index is 0.0477. The Morgan fingerprint density at radius 3 is 2.17 bits per heavy atom. The van der Waals surface area contributed by atoms with Crippen molar-refractivity contribution in [2.24, 2.45) is 0 Å². The normalized spacial score (nSPS) is 14.8. The number of nitrogens with one attached hydrogen (secondary N) is 1. The van der Waals surface area contributed by atoms with Crippen molar-refractivity contribution >= 4 is 0 Å². The van der Waals surface area contributed by atoms with E-state index in [-0.39, 0.29) is 11.2 Å². The molecule has 0 amide bonds. The molecule has 0 heterocycles. The van der Waals surface area contributed by atoms with E-state index in [9.17, 15) is 0 Å². The lowest BCUT2D eigenvalue weighted by molar-refractivity contribution is -0.0236. The Morgan fingerprint density at radius 1 is 1.11 bits per heavy atom. The molecule has 0 aromatic heterocycles. The molecule has 1 N–H and O–H groups in total. The molecule has 0 aliphatic carbocycles. The monoisotopic (exact) mass is 259 g/mol. The van der Waals surface area contributed by atoms with Crippen molar-refractivity contribution in [2.45, 2.75) is 78.0 Å². The van der Waals surface area contributed by atoms with Crippen LogP contribution in [-0.4, -0.2) is 37.5 Å². The Labute approximate surface area is 114 Å². The summed E-state index contributed by atoms with van der Waals surface area (Å²) >= 11 is 0. The molecule has 0 aliphatic rings. The van der Waals surface area contributed by atoms with Gasteiger partial charge in [-0.05, 0) is 60.4 Å². The zero-order valence-corrected chi connectivity index (χ0v) is 13.4. The standard InChI is InChI=1S/C15H33NO2/c1-8-11-16-13(12-18-14(2,3)4)9-10-15(5,6)17-7/h13,16H,8-12H2,1-7H3. The molecule has 0 saturated carbocycles. The first-order valence-corrected chi connectivity index (χ1v) is 7.12. The highest BCUT2D eigenvalue weighted by Crippen LogP contribution is 2.18. The molecule has 0 aromatic rings. The highest BCUT2D eigenvalue weighted by atomic mass is 16.5. The lowest BCUT2D eigenvalue weighted by atomic mass is 9.99. The van der Waals surface area contributed by atoms with E-state index in [1.54, 1.807) is 7.11 Å². The summed E-state index contributed by atoms with van der Waals surface area (Å²) in [5.41, 5.74) is -0.114. The fourth-order valence-electron chi connectivity index (χ4n) is 1.57. The summed E-state index contributed by atoms with van der Waals surface area (Å²) in [4.78, 5) is 0. The minimum Gasteiger partial charge on any atom is -0.379 e.